The Morgan fingerprint density at radius 1 is 1.05 bits per heavy atom. The SMILES string of the molecule is C=CC(=O)Nc1cc(-c2cnc3[nH]cc(-c4cc(OC)ncc4OCc4ccccn4)c3c2)cc(C(F)(F)F)c1. The Hall–Kier alpha value is -5.19. The van der Waals surface area contributed by atoms with Crippen molar-refractivity contribution >= 4 is 22.6 Å². The van der Waals surface area contributed by atoms with E-state index in [0.717, 1.165) is 23.9 Å². The third-order valence-corrected chi connectivity index (χ3v) is 6.02. The Labute approximate surface area is 226 Å². The van der Waals surface area contributed by atoms with E-state index in [4.69, 9.17) is 9.47 Å². The predicted octanol–water partition coefficient (Wildman–Crippen LogP) is 6.42. The number of nitrogens with one attached hydrogen (secondary N) is 2. The highest BCUT2D eigenvalue weighted by Gasteiger charge is 2.31. The molecule has 4 heterocycles. The summed E-state index contributed by atoms with van der Waals surface area (Å²) in [5.41, 5.74) is 2.23. The normalized spacial score (nSPS) is 11.3. The predicted molar refractivity (Wildman–Crippen MR) is 144 cm³/mol. The van der Waals surface area contributed by atoms with E-state index in [9.17, 15) is 18.0 Å². The fourth-order valence-electron chi connectivity index (χ4n) is 4.10. The minimum Gasteiger partial charge on any atom is -0.485 e. The van der Waals surface area contributed by atoms with Gasteiger partial charge in [-0.3, -0.25) is 9.78 Å². The van der Waals surface area contributed by atoms with Crippen LogP contribution >= 0.6 is 0 Å². The lowest BCUT2D eigenvalue weighted by Gasteiger charge is -2.13. The summed E-state index contributed by atoms with van der Waals surface area (Å²) in [6.07, 6.45) is 2.74. The highest BCUT2D eigenvalue weighted by molar-refractivity contribution is 6.00. The van der Waals surface area contributed by atoms with Gasteiger partial charge >= 0.3 is 6.18 Å². The van der Waals surface area contributed by atoms with E-state index in [-0.39, 0.29) is 17.9 Å². The molecule has 11 heteroatoms. The first-order valence-electron chi connectivity index (χ1n) is 12.0. The largest absolute Gasteiger partial charge is 0.485 e. The average molecular weight is 546 g/mol. The number of ether oxygens (including phenoxy) is 2. The van der Waals surface area contributed by atoms with Crippen molar-refractivity contribution < 1.29 is 27.4 Å². The minimum absolute atomic E-state index is 0.0202. The lowest BCUT2D eigenvalue weighted by atomic mass is 10.00. The maximum absolute atomic E-state index is 13.7. The van der Waals surface area contributed by atoms with Crippen molar-refractivity contribution in [2.24, 2.45) is 0 Å². The molecule has 8 nitrogen and oxygen atoms in total. The quantitative estimate of drug-likeness (QED) is 0.218. The monoisotopic (exact) mass is 545 g/mol. The number of methoxy groups -OCH3 is 1. The van der Waals surface area contributed by atoms with Crippen LogP contribution in [-0.4, -0.2) is 33.0 Å². The number of aromatic nitrogens is 4. The molecule has 1 amide bonds. The summed E-state index contributed by atoms with van der Waals surface area (Å²) in [5.74, 6) is 0.169. The number of carbonyl (C=O) groups is 1. The van der Waals surface area contributed by atoms with Crippen molar-refractivity contribution in [2.45, 2.75) is 12.8 Å². The third kappa shape index (κ3) is 5.63. The first kappa shape index (κ1) is 26.4. The van der Waals surface area contributed by atoms with Crippen LogP contribution in [0.4, 0.5) is 18.9 Å². The minimum atomic E-state index is -4.63. The van der Waals surface area contributed by atoms with Crippen LogP contribution in [0.1, 0.15) is 11.3 Å². The van der Waals surface area contributed by atoms with Crippen molar-refractivity contribution in [2.75, 3.05) is 12.4 Å². The van der Waals surface area contributed by atoms with Gasteiger partial charge in [0.2, 0.25) is 11.8 Å². The molecule has 0 fully saturated rings. The molecule has 202 valence electrons. The van der Waals surface area contributed by atoms with Crippen LogP contribution in [0, 0.1) is 0 Å². The number of hydrogen-bond acceptors (Lipinski definition) is 6. The molecule has 0 radical (unpaired) electrons. The van der Waals surface area contributed by atoms with E-state index in [1.165, 1.54) is 25.6 Å². The number of fused-ring (bicyclic) bond motifs is 1. The van der Waals surface area contributed by atoms with Crippen LogP contribution < -0.4 is 14.8 Å². The van der Waals surface area contributed by atoms with Crippen molar-refractivity contribution in [3.63, 3.8) is 0 Å². The van der Waals surface area contributed by atoms with Crippen LogP contribution in [0.25, 0.3) is 33.3 Å². The fourth-order valence-corrected chi connectivity index (χ4v) is 4.10. The Morgan fingerprint density at radius 2 is 1.90 bits per heavy atom. The number of amides is 1. The van der Waals surface area contributed by atoms with Crippen LogP contribution in [0.15, 0.2) is 86.0 Å². The van der Waals surface area contributed by atoms with E-state index >= 15 is 0 Å². The molecule has 1 aromatic carbocycles. The first-order chi connectivity index (χ1) is 19.2. The average Bonchev–Trinajstić information content (AvgIpc) is 3.39. The van der Waals surface area contributed by atoms with Crippen molar-refractivity contribution in [1.29, 1.82) is 0 Å². The topological polar surface area (TPSA) is 102 Å². The van der Waals surface area contributed by atoms with Gasteiger partial charge in [-0.25, -0.2) is 9.97 Å². The van der Waals surface area contributed by atoms with Gasteiger partial charge in [-0.2, -0.15) is 13.2 Å². The Morgan fingerprint density at radius 3 is 2.62 bits per heavy atom. The Balaban J connectivity index is 1.59. The number of benzene rings is 1. The highest BCUT2D eigenvalue weighted by Crippen LogP contribution is 2.39. The lowest BCUT2D eigenvalue weighted by molar-refractivity contribution is -0.137. The van der Waals surface area contributed by atoms with Gasteiger partial charge in [0.1, 0.15) is 18.0 Å². The van der Waals surface area contributed by atoms with Crippen LogP contribution in [-0.2, 0) is 17.6 Å². The maximum atomic E-state index is 13.7. The zero-order chi connectivity index (χ0) is 28.3. The standard InChI is InChI=1S/C29H22F3N5O3/c1-3-26(38)37-21-9-17(8-19(11-21)29(30,31)32)18-10-23-24(14-36-28(23)35-13-18)22-12-27(39-2)34-15-25(22)40-16-20-6-4-5-7-33-20/h3-15H,1,16H2,2H3,(H,35,36)(H,37,38). The summed E-state index contributed by atoms with van der Waals surface area (Å²) >= 11 is 0. The number of H-pyrrole nitrogens is 1. The maximum Gasteiger partial charge on any atom is 0.416 e. The summed E-state index contributed by atoms with van der Waals surface area (Å²) in [5, 5.41) is 3.03. The van der Waals surface area contributed by atoms with Gasteiger partial charge in [0.15, 0.2) is 0 Å². The van der Waals surface area contributed by atoms with Crippen LogP contribution in [0.3, 0.4) is 0 Å². The summed E-state index contributed by atoms with van der Waals surface area (Å²) < 4.78 is 52.4. The smallest absolute Gasteiger partial charge is 0.416 e. The lowest BCUT2D eigenvalue weighted by Crippen LogP contribution is -2.10. The van der Waals surface area contributed by atoms with E-state index in [2.05, 4.69) is 31.8 Å². The fraction of sp³-hybridized carbons (Fsp3) is 0.103. The van der Waals surface area contributed by atoms with Crippen LogP contribution in [0.2, 0.25) is 0 Å². The summed E-state index contributed by atoms with van der Waals surface area (Å²) in [6, 6.07) is 12.2. The van der Waals surface area contributed by atoms with Gasteiger partial charge in [-0.1, -0.05) is 12.6 Å². The molecule has 0 saturated carbocycles. The van der Waals surface area contributed by atoms with E-state index in [0.29, 0.717) is 39.4 Å². The molecule has 0 aliphatic rings. The molecular weight excluding hydrogens is 523 g/mol. The van der Waals surface area contributed by atoms with Crippen molar-refractivity contribution in [1.82, 2.24) is 19.9 Å². The van der Waals surface area contributed by atoms with Gasteiger partial charge in [-0.15, -0.1) is 0 Å². The molecule has 0 atom stereocenters. The molecule has 0 saturated heterocycles. The molecule has 0 aliphatic heterocycles. The second-order valence-electron chi connectivity index (χ2n) is 8.65. The summed E-state index contributed by atoms with van der Waals surface area (Å²) in [6.45, 7) is 3.54. The van der Waals surface area contributed by atoms with Crippen molar-refractivity contribution in [3.05, 3.63) is 97.2 Å². The number of nitrogens with zero attached hydrogens (tertiary/aromatic N) is 3. The molecule has 0 aliphatic carbocycles. The number of anilines is 1. The zero-order valence-corrected chi connectivity index (χ0v) is 21.1. The highest BCUT2D eigenvalue weighted by atomic mass is 19.4. The number of carbonyl (C=O) groups excluding carboxylic acids is 1. The van der Waals surface area contributed by atoms with Gasteiger partial charge in [0.05, 0.1) is 24.6 Å². The third-order valence-electron chi connectivity index (χ3n) is 6.02. The molecule has 0 bridgehead atoms. The first-order valence-corrected chi connectivity index (χ1v) is 12.0. The Bertz CT molecular complexity index is 1700. The number of rotatable bonds is 8. The molecule has 4 aromatic heterocycles. The number of alkyl halides is 3. The Kier molecular flexibility index (Phi) is 7.19. The molecule has 40 heavy (non-hydrogen) atoms. The summed E-state index contributed by atoms with van der Waals surface area (Å²) in [4.78, 5) is 27.9. The van der Waals surface area contributed by atoms with Crippen molar-refractivity contribution in [3.8, 4) is 33.9 Å². The molecular formula is C29H22F3N5O3. The molecule has 5 aromatic rings. The second kappa shape index (κ2) is 10.9. The number of hydrogen-bond donors (Lipinski definition) is 2. The van der Waals surface area contributed by atoms with Gasteiger partial charge in [-0.05, 0) is 48.0 Å². The van der Waals surface area contributed by atoms with Gasteiger partial charge in [0.25, 0.3) is 0 Å². The van der Waals surface area contributed by atoms with Gasteiger partial charge in [0, 0.05) is 52.4 Å². The molecule has 0 unspecified atom stereocenters. The van der Waals surface area contributed by atoms with E-state index in [1.54, 1.807) is 30.6 Å². The molecule has 0 spiro atoms. The molecule has 2 N–H and O–H groups in total. The van der Waals surface area contributed by atoms with E-state index < -0.39 is 17.6 Å². The van der Waals surface area contributed by atoms with E-state index in [1.807, 2.05) is 12.1 Å². The number of halogens is 3. The zero-order valence-electron chi connectivity index (χ0n) is 21.1. The summed E-state index contributed by atoms with van der Waals surface area (Å²) in [7, 11) is 1.49. The molecule has 5 rings (SSSR count). The van der Waals surface area contributed by atoms with Gasteiger partial charge < -0.3 is 19.8 Å². The van der Waals surface area contributed by atoms with Crippen LogP contribution in [0.5, 0.6) is 11.6 Å². The number of aromatic amines is 1. The number of pyridine rings is 3. The second-order valence-corrected chi connectivity index (χ2v) is 8.65.